The van der Waals surface area contributed by atoms with Gasteiger partial charge in [-0.25, -0.2) is 0 Å². The molecule has 0 aliphatic carbocycles. The smallest absolute Gasteiger partial charge is 0.136 e. The Morgan fingerprint density at radius 3 is 1.62 bits per heavy atom. The molecule has 0 saturated heterocycles. The van der Waals surface area contributed by atoms with Gasteiger partial charge < -0.3 is 13.9 Å². The van der Waals surface area contributed by atoms with Crippen LogP contribution in [0.4, 0.5) is 17.1 Å². The van der Waals surface area contributed by atoms with Crippen LogP contribution in [0, 0.1) is 0 Å². The number of rotatable bonds is 8. The SMILES string of the molecule is c1cc(-c2cccc3oc4ccccc4c23)cc(N(c2ccc(-c3ccc(-c4cccc(-n5c6ccccc6c6ccccc65)c4)cc3)cc2)c2ccccc2-c2cc3ccccc3c3ccccc23)c1. The second-order valence-electron chi connectivity index (χ2n) is 18.4. The highest BCUT2D eigenvalue weighted by Gasteiger charge is 2.21. The number of aromatic nitrogens is 1. The number of hydrogen-bond donors (Lipinski definition) is 0. The van der Waals surface area contributed by atoms with Gasteiger partial charge in [-0.1, -0.05) is 194 Å². The van der Waals surface area contributed by atoms with Crippen molar-refractivity contribution < 1.29 is 4.42 Å². The Hall–Kier alpha value is -9.44. The fraction of sp³-hybridized carbons (Fsp3) is 0. The maximum Gasteiger partial charge on any atom is 0.136 e. The first-order valence-corrected chi connectivity index (χ1v) is 24.3. The van der Waals surface area contributed by atoms with Gasteiger partial charge in [0.25, 0.3) is 0 Å². The molecule has 0 radical (unpaired) electrons. The summed E-state index contributed by atoms with van der Waals surface area (Å²) in [7, 11) is 0. The zero-order valence-electron chi connectivity index (χ0n) is 38.7. The van der Waals surface area contributed by atoms with Crippen molar-refractivity contribution >= 4 is 82.4 Å². The van der Waals surface area contributed by atoms with E-state index in [1.165, 1.54) is 60.0 Å². The van der Waals surface area contributed by atoms with Gasteiger partial charge in [0.15, 0.2) is 0 Å². The van der Waals surface area contributed by atoms with Gasteiger partial charge in [0.1, 0.15) is 11.2 Å². The van der Waals surface area contributed by atoms with E-state index >= 15 is 0 Å². The van der Waals surface area contributed by atoms with Crippen LogP contribution in [0.25, 0.3) is 115 Å². The van der Waals surface area contributed by atoms with Crippen LogP contribution in [-0.2, 0) is 0 Å². The van der Waals surface area contributed by atoms with E-state index in [4.69, 9.17) is 4.42 Å². The molecule has 0 atom stereocenters. The molecule has 2 aromatic heterocycles. The van der Waals surface area contributed by atoms with Crippen LogP contribution in [-0.4, -0.2) is 4.57 Å². The van der Waals surface area contributed by atoms with E-state index in [9.17, 15) is 0 Å². The number of hydrogen-bond acceptors (Lipinski definition) is 2. The molecule has 0 unspecified atom stereocenters. The first kappa shape index (κ1) is 40.6. The van der Waals surface area contributed by atoms with Gasteiger partial charge in [0.2, 0.25) is 0 Å². The highest BCUT2D eigenvalue weighted by atomic mass is 16.3. The van der Waals surface area contributed by atoms with Crippen molar-refractivity contribution in [1.82, 2.24) is 4.57 Å². The molecule has 0 aliphatic heterocycles. The highest BCUT2D eigenvalue weighted by Crippen LogP contribution is 2.46. The molecule has 0 spiro atoms. The van der Waals surface area contributed by atoms with Gasteiger partial charge in [-0.05, 0) is 133 Å². The van der Waals surface area contributed by atoms with Gasteiger partial charge >= 0.3 is 0 Å². The van der Waals surface area contributed by atoms with Crippen molar-refractivity contribution in [2.45, 2.75) is 0 Å². The topological polar surface area (TPSA) is 21.3 Å². The third-order valence-corrected chi connectivity index (χ3v) is 14.4. The second kappa shape index (κ2) is 16.7. The summed E-state index contributed by atoms with van der Waals surface area (Å²) in [5, 5.41) is 9.72. The van der Waals surface area contributed by atoms with Crippen LogP contribution in [0.1, 0.15) is 0 Å². The number of nitrogens with zero attached hydrogens (tertiary/aromatic N) is 2. The minimum Gasteiger partial charge on any atom is -0.456 e. The Kier molecular flexibility index (Phi) is 9.53. The first-order chi connectivity index (χ1) is 35.2. The van der Waals surface area contributed by atoms with Crippen LogP contribution < -0.4 is 4.90 Å². The maximum atomic E-state index is 6.37. The number of anilines is 3. The molecule has 3 nitrogen and oxygen atoms in total. The van der Waals surface area contributed by atoms with E-state index in [0.717, 1.165) is 72.5 Å². The molecule has 3 heteroatoms. The van der Waals surface area contributed by atoms with E-state index < -0.39 is 0 Å². The summed E-state index contributed by atoms with van der Waals surface area (Å²) in [5.41, 5.74) is 17.9. The lowest BCUT2D eigenvalue weighted by Gasteiger charge is -2.29. The zero-order valence-corrected chi connectivity index (χ0v) is 38.7. The molecule has 71 heavy (non-hydrogen) atoms. The third kappa shape index (κ3) is 6.82. The van der Waals surface area contributed by atoms with Crippen molar-refractivity contribution in [3.8, 4) is 50.2 Å². The molecule has 2 heterocycles. The molecule has 12 aromatic carbocycles. The number of benzene rings is 12. The average molecular weight is 905 g/mol. The highest BCUT2D eigenvalue weighted by molar-refractivity contribution is 6.16. The predicted molar refractivity (Wildman–Crippen MR) is 299 cm³/mol. The second-order valence-corrected chi connectivity index (χ2v) is 18.4. The average Bonchev–Trinajstić information content (AvgIpc) is 4.00. The monoisotopic (exact) mass is 904 g/mol. The minimum atomic E-state index is 0.885. The van der Waals surface area contributed by atoms with Crippen LogP contribution in [0.2, 0.25) is 0 Å². The van der Waals surface area contributed by atoms with Crippen LogP contribution in [0.3, 0.4) is 0 Å². The van der Waals surface area contributed by atoms with Crippen LogP contribution in [0.15, 0.2) is 271 Å². The molecule has 0 saturated carbocycles. The van der Waals surface area contributed by atoms with Gasteiger partial charge in [-0.15, -0.1) is 0 Å². The summed E-state index contributed by atoms with van der Waals surface area (Å²) in [6.45, 7) is 0. The molecule has 0 amide bonds. The number of para-hydroxylation sites is 4. The normalized spacial score (nSPS) is 11.7. The molecular weight excluding hydrogens is 861 g/mol. The Bertz CT molecular complexity index is 4290. The van der Waals surface area contributed by atoms with E-state index in [0.29, 0.717) is 0 Å². The molecule has 332 valence electrons. The van der Waals surface area contributed by atoms with Crippen LogP contribution in [0.5, 0.6) is 0 Å². The van der Waals surface area contributed by atoms with E-state index in [-0.39, 0.29) is 0 Å². The summed E-state index contributed by atoms with van der Waals surface area (Å²) in [4.78, 5) is 2.42. The molecule has 0 N–H and O–H groups in total. The summed E-state index contributed by atoms with van der Waals surface area (Å²) < 4.78 is 8.75. The maximum absolute atomic E-state index is 6.37. The molecule has 0 bridgehead atoms. The standard InChI is InChI=1S/C68H44N2O/c1-2-21-54-50(16-1)44-62(57-23-4-3-22-56(54)57)60-26-7-9-29-63(60)69(52-19-14-18-49(43-52)55-28-15-33-67-68(55)61-27-8-12-32-66(61)71-67)51-40-38-46(39-41-51)45-34-36-47(37-35-45)48-17-13-20-53(42-48)70-64-30-10-5-24-58(64)59-25-6-11-31-65(59)70/h1-44H. The number of fused-ring (bicyclic) bond motifs is 9. The largest absolute Gasteiger partial charge is 0.456 e. The molecule has 14 rings (SSSR count). The first-order valence-electron chi connectivity index (χ1n) is 24.3. The molecule has 14 aromatic rings. The fourth-order valence-corrected chi connectivity index (χ4v) is 11.1. The Labute approximate surface area is 411 Å². The third-order valence-electron chi connectivity index (χ3n) is 14.4. The fourth-order valence-electron chi connectivity index (χ4n) is 11.1. The summed E-state index contributed by atoms with van der Waals surface area (Å²) in [5.74, 6) is 0. The number of furan rings is 1. The van der Waals surface area contributed by atoms with E-state index in [1.54, 1.807) is 0 Å². The van der Waals surface area contributed by atoms with Gasteiger partial charge in [0, 0.05) is 44.2 Å². The lowest BCUT2D eigenvalue weighted by molar-refractivity contribution is 0.669. The Morgan fingerprint density at radius 1 is 0.296 bits per heavy atom. The Morgan fingerprint density at radius 2 is 0.845 bits per heavy atom. The molecule has 0 aliphatic rings. The molecule has 0 fully saturated rings. The van der Waals surface area contributed by atoms with Gasteiger partial charge in [0.05, 0.1) is 16.7 Å². The van der Waals surface area contributed by atoms with Crippen molar-refractivity contribution in [2.24, 2.45) is 0 Å². The molecular formula is C68H44N2O. The summed E-state index contributed by atoms with van der Waals surface area (Å²) in [6.07, 6.45) is 0. The lowest BCUT2D eigenvalue weighted by atomic mass is 9.92. The minimum absolute atomic E-state index is 0.885. The summed E-state index contributed by atoms with van der Waals surface area (Å²) >= 11 is 0. The lowest BCUT2D eigenvalue weighted by Crippen LogP contribution is -2.11. The predicted octanol–water partition coefficient (Wildman–Crippen LogP) is 19.1. The van der Waals surface area contributed by atoms with Crippen molar-refractivity contribution in [1.29, 1.82) is 0 Å². The van der Waals surface area contributed by atoms with Gasteiger partial charge in [-0.2, -0.15) is 0 Å². The van der Waals surface area contributed by atoms with Crippen molar-refractivity contribution in [2.75, 3.05) is 4.90 Å². The quantitative estimate of drug-likeness (QED) is 0.142. The van der Waals surface area contributed by atoms with E-state index in [2.05, 4.69) is 270 Å². The van der Waals surface area contributed by atoms with Crippen LogP contribution >= 0.6 is 0 Å². The zero-order chi connectivity index (χ0) is 46.8. The Balaban J connectivity index is 0.870. The van der Waals surface area contributed by atoms with E-state index in [1.807, 2.05) is 6.07 Å². The van der Waals surface area contributed by atoms with Crippen molar-refractivity contribution in [3.05, 3.63) is 267 Å². The summed E-state index contributed by atoms with van der Waals surface area (Å²) in [6, 6.07) is 96.8. The van der Waals surface area contributed by atoms with Gasteiger partial charge in [-0.3, -0.25) is 0 Å². The van der Waals surface area contributed by atoms with Crippen molar-refractivity contribution in [3.63, 3.8) is 0 Å².